The van der Waals surface area contributed by atoms with E-state index in [1.165, 1.54) is 64.2 Å². The van der Waals surface area contributed by atoms with Gasteiger partial charge < -0.3 is 4.74 Å². The summed E-state index contributed by atoms with van der Waals surface area (Å²) in [4.78, 5) is 0. The number of ether oxygens (including phenoxy) is 1. The molecule has 0 aliphatic heterocycles. The van der Waals surface area contributed by atoms with Gasteiger partial charge in [0.25, 0.3) is 0 Å². The second-order valence-electron chi connectivity index (χ2n) is 9.97. The molecule has 0 spiro atoms. The molecule has 1 aromatic carbocycles. The molecule has 2 aliphatic carbocycles. The quantitative estimate of drug-likeness (QED) is 0.345. The minimum absolute atomic E-state index is 0.0862. The van der Waals surface area contributed by atoms with Crippen LogP contribution >= 0.6 is 0 Å². The fourth-order valence-electron chi connectivity index (χ4n) is 5.83. The van der Waals surface area contributed by atoms with Gasteiger partial charge >= 0.3 is 0 Å². The van der Waals surface area contributed by atoms with Gasteiger partial charge in [-0.15, -0.1) is 0 Å². The van der Waals surface area contributed by atoms with Crippen LogP contribution in [0.25, 0.3) is 0 Å². The summed E-state index contributed by atoms with van der Waals surface area (Å²) in [5.41, 5.74) is 0.475. The first kappa shape index (κ1) is 23.5. The normalized spacial score (nSPS) is 27.2. The highest BCUT2D eigenvalue weighted by atomic mass is 19.2. The Bertz CT molecular complexity index is 628. The molecule has 0 amide bonds. The molecule has 3 rings (SSSR count). The first-order valence-corrected chi connectivity index (χ1v) is 12.7. The lowest BCUT2D eigenvalue weighted by atomic mass is 9.69. The van der Waals surface area contributed by atoms with Gasteiger partial charge in [0, 0.05) is 0 Å². The van der Waals surface area contributed by atoms with E-state index in [9.17, 15) is 8.78 Å². The van der Waals surface area contributed by atoms with Crippen molar-refractivity contribution in [2.45, 2.75) is 104 Å². The van der Waals surface area contributed by atoms with Crippen molar-refractivity contribution < 1.29 is 13.5 Å². The summed E-state index contributed by atoms with van der Waals surface area (Å²) in [6.45, 7) is 4.93. The van der Waals surface area contributed by atoms with Gasteiger partial charge in [0.1, 0.15) is 0 Å². The van der Waals surface area contributed by atoms with Gasteiger partial charge in [0.2, 0.25) is 5.82 Å². The van der Waals surface area contributed by atoms with Crippen LogP contribution in [0.4, 0.5) is 8.78 Å². The Morgan fingerprint density at radius 2 is 1.40 bits per heavy atom. The van der Waals surface area contributed by atoms with Crippen molar-refractivity contribution in [1.82, 2.24) is 0 Å². The maximum Gasteiger partial charge on any atom is 0.200 e. The first-order chi connectivity index (χ1) is 14.6. The molecular weight excluding hydrogens is 378 g/mol. The van der Waals surface area contributed by atoms with Crippen molar-refractivity contribution in [3.8, 4) is 5.75 Å². The molecule has 170 valence electrons. The summed E-state index contributed by atoms with van der Waals surface area (Å²) in [5.74, 6) is 1.82. The standard InChI is InChI=1S/C27H42F2O/c1-3-5-6-8-24-17-18-25(27(29)26(24)28)30-19-21-11-15-23(16-12-21)22-13-9-20(7-4-2)10-14-22/h17-18,20-23H,3-16,19H2,1-2H3/t20-,21-,22-,23-. The third-order valence-corrected chi connectivity index (χ3v) is 7.80. The van der Waals surface area contributed by atoms with Crippen LogP contribution in [0.3, 0.4) is 0 Å². The van der Waals surface area contributed by atoms with E-state index in [0.29, 0.717) is 24.5 Å². The zero-order valence-corrected chi connectivity index (χ0v) is 19.2. The van der Waals surface area contributed by atoms with Gasteiger partial charge in [-0.25, -0.2) is 4.39 Å². The van der Waals surface area contributed by atoms with Crippen LogP contribution in [-0.2, 0) is 6.42 Å². The van der Waals surface area contributed by atoms with Crippen molar-refractivity contribution in [1.29, 1.82) is 0 Å². The van der Waals surface area contributed by atoms with Crippen molar-refractivity contribution >= 4 is 0 Å². The number of aryl methyl sites for hydroxylation is 1. The average molecular weight is 421 g/mol. The number of rotatable bonds is 10. The van der Waals surface area contributed by atoms with Crippen molar-refractivity contribution in [3.05, 3.63) is 29.3 Å². The average Bonchev–Trinajstić information content (AvgIpc) is 2.77. The number of halogens is 2. The SMILES string of the molecule is CCCCCc1ccc(OC[C@H]2CC[C@H]([C@H]3CC[C@H](CCC)CC3)CC2)c(F)c1F. The van der Waals surface area contributed by atoms with Crippen LogP contribution in [0.5, 0.6) is 5.75 Å². The lowest BCUT2D eigenvalue weighted by Crippen LogP contribution is -2.27. The minimum atomic E-state index is -0.804. The van der Waals surface area contributed by atoms with Crippen LogP contribution < -0.4 is 4.74 Å². The highest BCUT2D eigenvalue weighted by Gasteiger charge is 2.31. The van der Waals surface area contributed by atoms with Gasteiger partial charge in [-0.1, -0.05) is 58.4 Å². The second-order valence-corrected chi connectivity index (χ2v) is 9.97. The minimum Gasteiger partial charge on any atom is -0.490 e. The summed E-state index contributed by atoms with van der Waals surface area (Å²) in [6.07, 6.45) is 17.0. The molecule has 0 N–H and O–H groups in total. The van der Waals surface area contributed by atoms with Gasteiger partial charge in [0.15, 0.2) is 11.6 Å². The predicted molar refractivity (Wildman–Crippen MR) is 121 cm³/mol. The Morgan fingerprint density at radius 3 is 2.00 bits per heavy atom. The fourth-order valence-corrected chi connectivity index (χ4v) is 5.83. The molecule has 0 radical (unpaired) electrons. The maximum absolute atomic E-state index is 14.4. The summed E-state index contributed by atoms with van der Waals surface area (Å²) in [7, 11) is 0. The molecule has 0 bridgehead atoms. The number of hydrogen-bond donors (Lipinski definition) is 0. The smallest absolute Gasteiger partial charge is 0.200 e. The molecule has 1 aromatic rings. The van der Waals surface area contributed by atoms with Gasteiger partial charge in [0.05, 0.1) is 6.61 Å². The van der Waals surface area contributed by atoms with E-state index in [1.807, 2.05) is 0 Å². The molecule has 3 heteroatoms. The van der Waals surface area contributed by atoms with Crippen molar-refractivity contribution in [2.24, 2.45) is 23.7 Å². The molecule has 0 heterocycles. The topological polar surface area (TPSA) is 9.23 Å². The van der Waals surface area contributed by atoms with Crippen LogP contribution in [0.2, 0.25) is 0 Å². The molecule has 0 unspecified atom stereocenters. The summed E-state index contributed by atoms with van der Waals surface area (Å²) >= 11 is 0. The van der Waals surface area contributed by atoms with Crippen molar-refractivity contribution in [3.63, 3.8) is 0 Å². The molecule has 0 saturated heterocycles. The zero-order chi connectivity index (χ0) is 21.3. The van der Waals surface area contributed by atoms with Gasteiger partial charge in [-0.05, 0) is 86.7 Å². The molecule has 2 saturated carbocycles. The molecule has 0 aromatic heterocycles. The molecule has 1 nitrogen and oxygen atoms in total. The second kappa shape index (κ2) is 12.1. The summed E-state index contributed by atoms with van der Waals surface area (Å²) in [5, 5.41) is 0. The zero-order valence-electron chi connectivity index (χ0n) is 19.2. The molecule has 0 atom stereocenters. The molecule has 2 fully saturated rings. The van der Waals surface area contributed by atoms with Crippen LogP contribution in [0.15, 0.2) is 12.1 Å². The predicted octanol–water partition coefficient (Wildman–Crippen LogP) is 8.49. The Hall–Kier alpha value is -1.12. The Balaban J connectivity index is 1.41. The highest BCUT2D eigenvalue weighted by molar-refractivity contribution is 5.31. The Morgan fingerprint density at radius 1 is 0.767 bits per heavy atom. The molecule has 30 heavy (non-hydrogen) atoms. The number of unbranched alkanes of at least 4 members (excludes halogenated alkanes) is 2. The van der Waals surface area contributed by atoms with E-state index in [1.54, 1.807) is 12.1 Å². The Labute approximate surface area is 183 Å². The highest BCUT2D eigenvalue weighted by Crippen LogP contribution is 2.42. The molecule has 2 aliphatic rings. The summed E-state index contributed by atoms with van der Waals surface area (Å²) in [6, 6.07) is 3.33. The van der Waals surface area contributed by atoms with Crippen LogP contribution in [0, 0.1) is 35.3 Å². The monoisotopic (exact) mass is 420 g/mol. The first-order valence-electron chi connectivity index (χ1n) is 12.7. The number of benzene rings is 1. The largest absolute Gasteiger partial charge is 0.490 e. The van der Waals surface area contributed by atoms with E-state index >= 15 is 0 Å². The maximum atomic E-state index is 14.4. The van der Waals surface area contributed by atoms with Crippen molar-refractivity contribution in [2.75, 3.05) is 6.61 Å². The van der Waals surface area contributed by atoms with E-state index in [-0.39, 0.29) is 5.75 Å². The molecular formula is C27H42F2O. The van der Waals surface area contributed by atoms with E-state index < -0.39 is 11.6 Å². The van der Waals surface area contributed by atoms with E-state index in [0.717, 1.165) is 37.0 Å². The lowest BCUT2D eigenvalue weighted by Gasteiger charge is -2.37. The third-order valence-electron chi connectivity index (χ3n) is 7.80. The van der Waals surface area contributed by atoms with E-state index in [2.05, 4.69) is 13.8 Å². The third kappa shape index (κ3) is 6.44. The fraction of sp³-hybridized carbons (Fsp3) is 0.778. The van der Waals surface area contributed by atoms with E-state index in [4.69, 9.17) is 4.74 Å². The summed E-state index contributed by atoms with van der Waals surface area (Å²) < 4.78 is 34.5. The lowest BCUT2D eigenvalue weighted by molar-refractivity contribution is 0.120. The van der Waals surface area contributed by atoms with Crippen LogP contribution in [0.1, 0.15) is 103 Å². The number of hydrogen-bond acceptors (Lipinski definition) is 1. The van der Waals surface area contributed by atoms with Gasteiger partial charge in [-0.2, -0.15) is 4.39 Å². The Kier molecular flexibility index (Phi) is 9.46. The van der Waals surface area contributed by atoms with Crippen LogP contribution in [-0.4, -0.2) is 6.61 Å². The van der Waals surface area contributed by atoms with Gasteiger partial charge in [-0.3, -0.25) is 0 Å².